The van der Waals surface area contributed by atoms with Gasteiger partial charge in [0.2, 0.25) is 5.91 Å². The van der Waals surface area contributed by atoms with Crippen molar-refractivity contribution in [2.45, 2.75) is 12.6 Å². The highest BCUT2D eigenvalue weighted by molar-refractivity contribution is 7.19. The van der Waals surface area contributed by atoms with E-state index in [-0.39, 0.29) is 6.42 Å². The molecule has 0 bridgehead atoms. The fourth-order valence-corrected chi connectivity index (χ4v) is 3.42. The first kappa shape index (κ1) is 18.6. The van der Waals surface area contributed by atoms with E-state index >= 15 is 0 Å². The number of anilines is 1. The minimum atomic E-state index is -4.41. The minimum absolute atomic E-state index is 0.0918. The van der Waals surface area contributed by atoms with Gasteiger partial charge in [-0.25, -0.2) is 0 Å². The highest BCUT2D eigenvalue weighted by Crippen LogP contribution is 2.35. The SMILES string of the molecule is N#Cc1cc(-c2ccncc2)sc1NC(=O)Cc1ccc(C(F)(F)F)cc1. The molecule has 1 amide bonds. The van der Waals surface area contributed by atoms with Gasteiger partial charge in [-0.3, -0.25) is 9.78 Å². The summed E-state index contributed by atoms with van der Waals surface area (Å²) < 4.78 is 37.7. The molecule has 0 aliphatic carbocycles. The normalized spacial score (nSPS) is 11.0. The average molecular weight is 387 g/mol. The number of rotatable bonds is 4. The topological polar surface area (TPSA) is 65.8 Å². The van der Waals surface area contributed by atoms with E-state index in [1.165, 1.54) is 23.5 Å². The lowest BCUT2D eigenvalue weighted by molar-refractivity contribution is -0.137. The van der Waals surface area contributed by atoms with Gasteiger partial charge in [-0.2, -0.15) is 18.4 Å². The number of halogens is 3. The molecule has 27 heavy (non-hydrogen) atoms. The first-order valence-corrected chi connectivity index (χ1v) is 8.59. The third kappa shape index (κ3) is 4.51. The van der Waals surface area contributed by atoms with Crippen LogP contribution in [0.15, 0.2) is 54.9 Å². The Labute approximate surface area is 156 Å². The Bertz CT molecular complexity index is 990. The van der Waals surface area contributed by atoms with Gasteiger partial charge >= 0.3 is 6.18 Å². The molecule has 0 aliphatic rings. The molecule has 0 fully saturated rings. The molecule has 0 radical (unpaired) electrons. The number of carbonyl (C=O) groups excluding carboxylic acids is 1. The molecule has 0 unspecified atom stereocenters. The van der Waals surface area contributed by atoms with Gasteiger partial charge in [-0.15, -0.1) is 11.3 Å². The number of nitrogens with one attached hydrogen (secondary N) is 1. The third-order valence-corrected chi connectivity index (χ3v) is 4.82. The second-order valence-electron chi connectivity index (χ2n) is 5.62. The van der Waals surface area contributed by atoms with Crippen LogP contribution in [-0.2, 0) is 17.4 Å². The van der Waals surface area contributed by atoms with E-state index in [0.29, 0.717) is 16.1 Å². The van der Waals surface area contributed by atoms with Crippen molar-refractivity contribution in [3.63, 3.8) is 0 Å². The molecule has 2 heterocycles. The Balaban J connectivity index is 1.73. The number of nitrogens with zero attached hydrogens (tertiary/aromatic N) is 2. The van der Waals surface area contributed by atoms with Gasteiger partial charge in [0.15, 0.2) is 0 Å². The molecule has 136 valence electrons. The first-order valence-electron chi connectivity index (χ1n) is 7.77. The summed E-state index contributed by atoms with van der Waals surface area (Å²) in [4.78, 5) is 17.0. The summed E-state index contributed by atoms with van der Waals surface area (Å²) in [5.74, 6) is -0.408. The summed E-state index contributed by atoms with van der Waals surface area (Å²) >= 11 is 1.25. The van der Waals surface area contributed by atoms with Crippen molar-refractivity contribution in [2.75, 3.05) is 5.32 Å². The molecule has 8 heteroatoms. The van der Waals surface area contributed by atoms with Crippen LogP contribution in [-0.4, -0.2) is 10.9 Å². The van der Waals surface area contributed by atoms with Crippen LogP contribution in [0.3, 0.4) is 0 Å². The quantitative estimate of drug-likeness (QED) is 0.694. The van der Waals surface area contributed by atoms with E-state index in [1.807, 2.05) is 6.07 Å². The fourth-order valence-electron chi connectivity index (χ4n) is 2.39. The van der Waals surface area contributed by atoms with Crippen molar-refractivity contribution >= 4 is 22.2 Å². The molecule has 0 saturated heterocycles. The maximum Gasteiger partial charge on any atom is 0.416 e. The predicted octanol–water partition coefficient (Wildman–Crippen LogP) is 4.88. The number of nitriles is 1. The Kier molecular flexibility index (Phi) is 5.23. The number of benzene rings is 1. The van der Waals surface area contributed by atoms with Crippen molar-refractivity contribution in [1.82, 2.24) is 4.98 Å². The first-order chi connectivity index (χ1) is 12.9. The van der Waals surface area contributed by atoms with Gasteiger partial charge in [0.1, 0.15) is 11.1 Å². The van der Waals surface area contributed by atoms with E-state index < -0.39 is 17.6 Å². The average Bonchev–Trinajstić information content (AvgIpc) is 3.05. The molecular formula is C19H12F3N3OS. The van der Waals surface area contributed by atoms with Crippen molar-refractivity contribution in [2.24, 2.45) is 0 Å². The minimum Gasteiger partial charge on any atom is -0.316 e. The molecule has 0 aliphatic heterocycles. The molecule has 2 aromatic heterocycles. The summed E-state index contributed by atoms with van der Waals surface area (Å²) in [7, 11) is 0. The number of pyridine rings is 1. The fraction of sp³-hybridized carbons (Fsp3) is 0.105. The third-order valence-electron chi connectivity index (χ3n) is 3.72. The van der Waals surface area contributed by atoms with Gasteiger partial charge in [0.25, 0.3) is 0 Å². The largest absolute Gasteiger partial charge is 0.416 e. The molecule has 0 spiro atoms. The number of aromatic nitrogens is 1. The van der Waals surface area contributed by atoms with Crippen LogP contribution in [0.25, 0.3) is 10.4 Å². The molecule has 4 nitrogen and oxygen atoms in total. The number of thiophene rings is 1. The van der Waals surface area contributed by atoms with Crippen LogP contribution < -0.4 is 5.32 Å². The van der Waals surface area contributed by atoms with Gasteiger partial charge in [0.05, 0.1) is 17.5 Å². The van der Waals surface area contributed by atoms with Gasteiger partial charge < -0.3 is 5.32 Å². The lowest BCUT2D eigenvalue weighted by Gasteiger charge is -2.08. The molecular weight excluding hydrogens is 375 g/mol. The standard InChI is InChI=1S/C19H12F3N3OS/c20-19(21,22)15-3-1-12(2-4-15)9-17(26)25-18-14(11-23)10-16(27-18)13-5-7-24-8-6-13/h1-8,10H,9H2,(H,25,26). The smallest absolute Gasteiger partial charge is 0.316 e. The van der Waals surface area contributed by atoms with Crippen molar-refractivity contribution in [3.8, 4) is 16.5 Å². The molecule has 3 rings (SSSR count). The zero-order valence-corrected chi connectivity index (χ0v) is 14.6. The number of hydrogen-bond acceptors (Lipinski definition) is 4. The van der Waals surface area contributed by atoms with Crippen LogP contribution in [0.4, 0.5) is 18.2 Å². The van der Waals surface area contributed by atoms with E-state index in [1.54, 1.807) is 30.6 Å². The number of amides is 1. The summed E-state index contributed by atoms with van der Waals surface area (Å²) in [6.07, 6.45) is -1.25. The molecule has 1 N–H and O–H groups in total. The van der Waals surface area contributed by atoms with E-state index in [9.17, 15) is 23.2 Å². The van der Waals surface area contributed by atoms with Crippen LogP contribution in [0.2, 0.25) is 0 Å². The van der Waals surface area contributed by atoms with Gasteiger partial charge in [-0.05, 0) is 41.5 Å². The molecule has 3 aromatic rings. The lowest BCUT2D eigenvalue weighted by Crippen LogP contribution is -2.14. The van der Waals surface area contributed by atoms with Crippen LogP contribution in [0.5, 0.6) is 0 Å². The van der Waals surface area contributed by atoms with Crippen molar-refractivity contribution < 1.29 is 18.0 Å². The van der Waals surface area contributed by atoms with Gasteiger partial charge in [-0.1, -0.05) is 12.1 Å². The maximum atomic E-state index is 12.6. The second-order valence-corrected chi connectivity index (χ2v) is 6.67. The van der Waals surface area contributed by atoms with Crippen LogP contribution in [0, 0.1) is 11.3 Å². The molecule has 1 aromatic carbocycles. The Morgan fingerprint density at radius 2 is 1.81 bits per heavy atom. The Morgan fingerprint density at radius 1 is 1.15 bits per heavy atom. The summed E-state index contributed by atoms with van der Waals surface area (Å²) in [6, 6.07) is 11.7. The van der Waals surface area contributed by atoms with Crippen LogP contribution in [0.1, 0.15) is 16.7 Å². The molecule has 0 saturated carbocycles. The van der Waals surface area contributed by atoms with E-state index in [4.69, 9.17) is 0 Å². The highest BCUT2D eigenvalue weighted by atomic mass is 32.1. The van der Waals surface area contributed by atoms with Crippen molar-refractivity contribution in [1.29, 1.82) is 5.26 Å². The van der Waals surface area contributed by atoms with Crippen molar-refractivity contribution in [3.05, 3.63) is 71.5 Å². The number of carbonyl (C=O) groups is 1. The van der Waals surface area contributed by atoms with Crippen LogP contribution >= 0.6 is 11.3 Å². The predicted molar refractivity (Wildman–Crippen MR) is 96.0 cm³/mol. The van der Waals surface area contributed by atoms with E-state index in [0.717, 1.165) is 22.6 Å². The maximum absolute atomic E-state index is 12.6. The summed E-state index contributed by atoms with van der Waals surface area (Å²) in [5, 5.41) is 12.3. The van der Waals surface area contributed by atoms with E-state index in [2.05, 4.69) is 10.3 Å². The zero-order valence-electron chi connectivity index (χ0n) is 13.7. The Morgan fingerprint density at radius 3 is 2.41 bits per heavy atom. The highest BCUT2D eigenvalue weighted by Gasteiger charge is 2.30. The summed E-state index contributed by atoms with van der Waals surface area (Å²) in [5.41, 5.74) is 0.880. The second kappa shape index (κ2) is 7.60. The monoisotopic (exact) mass is 387 g/mol. The van der Waals surface area contributed by atoms with Gasteiger partial charge in [0, 0.05) is 17.3 Å². The lowest BCUT2D eigenvalue weighted by atomic mass is 10.1. The number of hydrogen-bond donors (Lipinski definition) is 1. The zero-order chi connectivity index (χ0) is 19.4. The Hall–Kier alpha value is -3.18. The summed E-state index contributed by atoms with van der Waals surface area (Å²) in [6.45, 7) is 0. The number of alkyl halides is 3. The molecule has 0 atom stereocenters.